The van der Waals surface area contributed by atoms with Crippen LogP contribution in [0, 0.1) is 13.8 Å². The highest BCUT2D eigenvalue weighted by molar-refractivity contribution is 5.35. The summed E-state index contributed by atoms with van der Waals surface area (Å²) in [5.74, 6) is 0.477. The van der Waals surface area contributed by atoms with Gasteiger partial charge < -0.3 is 0 Å². The van der Waals surface area contributed by atoms with Gasteiger partial charge in [0, 0.05) is 5.69 Å². The first-order valence-electron chi connectivity index (χ1n) is 5.71. The van der Waals surface area contributed by atoms with E-state index in [0.29, 0.717) is 5.92 Å². The quantitative estimate of drug-likeness (QED) is 0.746. The number of benzene rings is 1. The molecule has 2 rings (SSSR count). The largest absolute Gasteiger partial charge is 0.238 e. The Labute approximate surface area is 96.9 Å². The highest BCUT2D eigenvalue weighted by Gasteiger charge is 2.08. The third kappa shape index (κ3) is 2.01. The Morgan fingerprint density at radius 1 is 1.06 bits per heavy atom. The minimum Gasteiger partial charge on any atom is -0.238 e. The molecule has 0 saturated heterocycles. The molecule has 0 aliphatic heterocycles. The molecule has 0 atom stereocenters. The van der Waals surface area contributed by atoms with E-state index in [-0.39, 0.29) is 0 Å². The number of rotatable bonds is 2. The number of hydrogen-bond donors (Lipinski definition) is 0. The molecule has 0 saturated carbocycles. The van der Waals surface area contributed by atoms with E-state index in [9.17, 15) is 0 Å². The van der Waals surface area contributed by atoms with Gasteiger partial charge in [0.15, 0.2) is 0 Å². The van der Waals surface area contributed by atoms with Crippen molar-refractivity contribution in [3.63, 3.8) is 0 Å². The van der Waals surface area contributed by atoms with Crippen molar-refractivity contribution in [1.29, 1.82) is 0 Å². The average molecular weight is 214 g/mol. The molecular weight excluding hydrogens is 196 g/mol. The van der Waals surface area contributed by atoms with Crippen LogP contribution in [0.4, 0.5) is 0 Å². The van der Waals surface area contributed by atoms with Gasteiger partial charge in [0.1, 0.15) is 0 Å². The van der Waals surface area contributed by atoms with Crippen LogP contribution < -0.4 is 0 Å². The third-order valence-electron chi connectivity index (χ3n) is 2.78. The fraction of sp³-hybridized carbons (Fsp3) is 0.357. The maximum absolute atomic E-state index is 4.63. The molecule has 0 fully saturated rings. The highest BCUT2D eigenvalue weighted by atomic mass is 15.3. The van der Waals surface area contributed by atoms with E-state index in [0.717, 1.165) is 11.4 Å². The molecule has 1 heterocycles. The van der Waals surface area contributed by atoms with E-state index >= 15 is 0 Å². The molecule has 0 N–H and O–H groups in total. The summed E-state index contributed by atoms with van der Waals surface area (Å²) < 4.78 is 2.01. The predicted octanol–water partition coefficient (Wildman–Crippen LogP) is 3.61. The Bertz CT molecular complexity index is 478. The number of hydrogen-bond acceptors (Lipinski definition) is 1. The summed E-state index contributed by atoms with van der Waals surface area (Å²) in [6, 6.07) is 10.6. The predicted molar refractivity (Wildman–Crippen MR) is 67.1 cm³/mol. The molecule has 16 heavy (non-hydrogen) atoms. The van der Waals surface area contributed by atoms with Crippen molar-refractivity contribution in [2.24, 2.45) is 0 Å². The zero-order valence-corrected chi connectivity index (χ0v) is 10.4. The van der Waals surface area contributed by atoms with Gasteiger partial charge in [-0.05, 0) is 38.0 Å². The molecule has 1 aromatic carbocycles. The van der Waals surface area contributed by atoms with Crippen LogP contribution in [0.25, 0.3) is 5.69 Å². The summed E-state index contributed by atoms with van der Waals surface area (Å²) in [5.41, 5.74) is 4.75. The molecule has 0 aliphatic carbocycles. The van der Waals surface area contributed by atoms with Gasteiger partial charge in [0.2, 0.25) is 0 Å². The lowest BCUT2D eigenvalue weighted by molar-refractivity contribution is 0.760. The fourth-order valence-electron chi connectivity index (χ4n) is 1.73. The Morgan fingerprint density at radius 2 is 1.69 bits per heavy atom. The average Bonchev–Trinajstić information content (AvgIpc) is 2.62. The lowest BCUT2D eigenvalue weighted by atomic mass is 10.1. The second-order valence-corrected chi connectivity index (χ2v) is 4.61. The number of aromatic nitrogens is 2. The second-order valence-electron chi connectivity index (χ2n) is 4.61. The van der Waals surface area contributed by atoms with Crippen molar-refractivity contribution in [2.45, 2.75) is 33.6 Å². The molecule has 84 valence electrons. The molecule has 0 radical (unpaired) electrons. The number of aryl methyl sites for hydroxylation is 2. The van der Waals surface area contributed by atoms with Crippen LogP contribution in [0.2, 0.25) is 0 Å². The van der Waals surface area contributed by atoms with Crippen LogP contribution in [-0.2, 0) is 0 Å². The summed E-state index contributed by atoms with van der Waals surface area (Å²) in [6.45, 7) is 8.53. The van der Waals surface area contributed by atoms with E-state index in [1.807, 2.05) is 4.68 Å². The molecule has 1 aromatic heterocycles. The molecular formula is C14H18N2. The van der Waals surface area contributed by atoms with Crippen molar-refractivity contribution >= 4 is 0 Å². The van der Waals surface area contributed by atoms with Gasteiger partial charge in [-0.2, -0.15) is 5.10 Å². The van der Waals surface area contributed by atoms with Gasteiger partial charge in [-0.25, -0.2) is 4.68 Å². The monoisotopic (exact) mass is 214 g/mol. The van der Waals surface area contributed by atoms with Crippen molar-refractivity contribution in [3.8, 4) is 5.69 Å². The van der Waals surface area contributed by atoms with Crippen LogP contribution in [0.5, 0.6) is 0 Å². The van der Waals surface area contributed by atoms with Crippen LogP contribution in [-0.4, -0.2) is 9.78 Å². The zero-order chi connectivity index (χ0) is 11.7. The Balaban J connectivity index is 2.44. The van der Waals surface area contributed by atoms with Crippen molar-refractivity contribution in [2.75, 3.05) is 0 Å². The van der Waals surface area contributed by atoms with Crippen LogP contribution in [0.1, 0.15) is 36.7 Å². The van der Waals surface area contributed by atoms with E-state index in [4.69, 9.17) is 0 Å². The third-order valence-corrected chi connectivity index (χ3v) is 2.78. The standard InChI is InChI=1S/C14H18N2/c1-10(2)14-9-12(4)16(15-14)13-7-5-11(3)6-8-13/h5-10H,1-4H3. The molecule has 2 aromatic rings. The highest BCUT2D eigenvalue weighted by Crippen LogP contribution is 2.17. The van der Waals surface area contributed by atoms with E-state index < -0.39 is 0 Å². The van der Waals surface area contributed by atoms with Gasteiger partial charge in [-0.15, -0.1) is 0 Å². The molecule has 0 unspecified atom stereocenters. The van der Waals surface area contributed by atoms with Crippen LogP contribution in [0.15, 0.2) is 30.3 Å². The minimum absolute atomic E-state index is 0.477. The SMILES string of the molecule is Cc1ccc(-n2nc(C(C)C)cc2C)cc1. The maximum atomic E-state index is 4.63. The Kier molecular flexibility index (Phi) is 2.82. The first-order valence-corrected chi connectivity index (χ1v) is 5.71. The van der Waals surface area contributed by atoms with E-state index in [1.54, 1.807) is 0 Å². The van der Waals surface area contributed by atoms with E-state index in [1.165, 1.54) is 11.3 Å². The van der Waals surface area contributed by atoms with Crippen LogP contribution >= 0.6 is 0 Å². The molecule has 2 nitrogen and oxygen atoms in total. The summed E-state index contributed by atoms with van der Waals surface area (Å²) in [7, 11) is 0. The topological polar surface area (TPSA) is 17.8 Å². The van der Waals surface area contributed by atoms with Gasteiger partial charge in [0.25, 0.3) is 0 Å². The van der Waals surface area contributed by atoms with Gasteiger partial charge in [0.05, 0.1) is 11.4 Å². The fourth-order valence-corrected chi connectivity index (χ4v) is 1.73. The molecule has 0 amide bonds. The summed E-state index contributed by atoms with van der Waals surface area (Å²) >= 11 is 0. The van der Waals surface area contributed by atoms with Crippen molar-refractivity contribution in [3.05, 3.63) is 47.3 Å². The van der Waals surface area contributed by atoms with Gasteiger partial charge >= 0.3 is 0 Å². The zero-order valence-electron chi connectivity index (χ0n) is 10.4. The lowest BCUT2D eigenvalue weighted by Crippen LogP contribution is -1.99. The van der Waals surface area contributed by atoms with Crippen molar-refractivity contribution in [1.82, 2.24) is 9.78 Å². The molecule has 0 spiro atoms. The summed E-state index contributed by atoms with van der Waals surface area (Å²) in [6.07, 6.45) is 0. The van der Waals surface area contributed by atoms with Gasteiger partial charge in [-0.1, -0.05) is 31.5 Å². The van der Waals surface area contributed by atoms with E-state index in [2.05, 4.69) is 63.1 Å². The first kappa shape index (κ1) is 10.9. The maximum Gasteiger partial charge on any atom is 0.0657 e. The van der Waals surface area contributed by atoms with Crippen molar-refractivity contribution < 1.29 is 0 Å². The normalized spacial score (nSPS) is 11.1. The molecule has 2 heteroatoms. The molecule has 0 bridgehead atoms. The summed E-state index contributed by atoms with van der Waals surface area (Å²) in [5, 5.41) is 4.63. The second kappa shape index (κ2) is 4.12. The molecule has 0 aliphatic rings. The van der Waals surface area contributed by atoms with Crippen LogP contribution in [0.3, 0.4) is 0 Å². The lowest BCUT2D eigenvalue weighted by Gasteiger charge is -2.04. The Morgan fingerprint density at radius 3 is 2.19 bits per heavy atom. The first-order chi connectivity index (χ1) is 7.58. The smallest absolute Gasteiger partial charge is 0.0657 e. The number of nitrogens with zero attached hydrogens (tertiary/aromatic N) is 2. The van der Waals surface area contributed by atoms with Gasteiger partial charge in [-0.3, -0.25) is 0 Å². The minimum atomic E-state index is 0.477. The Hall–Kier alpha value is -1.57. The summed E-state index contributed by atoms with van der Waals surface area (Å²) in [4.78, 5) is 0.